The van der Waals surface area contributed by atoms with E-state index >= 15 is 0 Å². The van der Waals surface area contributed by atoms with Gasteiger partial charge in [0.15, 0.2) is 5.92 Å². The van der Waals surface area contributed by atoms with Crippen molar-refractivity contribution in [2.75, 3.05) is 13.2 Å². The second kappa shape index (κ2) is 5.64. The minimum Gasteiger partial charge on any atom is -0.481 e. The van der Waals surface area contributed by atoms with Crippen LogP contribution in [0.2, 0.25) is 0 Å². The van der Waals surface area contributed by atoms with Crippen LogP contribution in [0.3, 0.4) is 0 Å². The van der Waals surface area contributed by atoms with E-state index in [0.717, 1.165) is 0 Å². The van der Waals surface area contributed by atoms with E-state index < -0.39 is 24.7 Å². The van der Waals surface area contributed by atoms with Gasteiger partial charge in [0.2, 0.25) is 0 Å². The van der Waals surface area contributed by atoms with Gasteiger partial charge < -0.3 is 9.84 Å². The number of hydrogen-bond acceptors (Lipinski definition) is 2. The van der Waals surface area contributed by atoms with Crippen molar-refractivity contribution in [2.45, 2.75) is 12.6 Å². The fourth-order valence-corrected chi connectivity index (χ4v) is 0.674. The second-order valence-electron chi connectivity index (χ2n) is 2.58. The monoisotopic (exact) mass is 212 g/mol. The van der Waals surface area contributed by atoms with Crippen molar-refractivity contribution in [3.05, 3.63) is 12.7 Å². The molecule has 82 valence electrons. The molecule has 0 saturated heterocycles. The second-order valence-corrected chi connectivity index (χ2v) is 2.58. The Morgan fingerprint density at radius 1 is 1.57 bits per heavy atom. The van der Waals surface area contributed by atoms with Crippen LogP contribution in [0, 0.1) is 5.92 Å². The first kappa shape index (κ1) is 13.0. The molecular formula is C8H11F3O3. The molecule has 1 atom stereocenters. The highest BCUT2D eigenvalue weighted by molar-refractivity contribution is 5.71. The van der Waals surface area contributed by atoms with Gasteiger partial charge in [-0.1, -0.05) is 6.08 Å². The quantitative estimate of drug-likeness (QED) is 0.539. The molecule has 1 unspecified atom stereocenters. The number of carboxylic acid groups (broad SMARTS) is 1. The molecule has 0 aromatic rings. The summed E-state index contributed by atoms with van der Waals surface area (Å²) in [6.07, 6.45) is -2.90. The van der Waals surface area contributed by atoms with Crippen LogP contribution in [0.5, 0.6) is 0 Å². The Hall–Kier alpha value is -1.04. The Morgan fingerprint density at radius 3 is 2.50 bits per heavy atom. The third kappa shape index (κ3) is 4.86. The van der Waals surface area contributed by atoms with Crippen molar-refractivity contribution in [3.8, 4) is 0 Å². The van der Waals surface area contributed by atoms with Gasteiger partial charge in [0.1, 0.15) is 0 Å². The number of alkyl halides is 3. The molecule has 6 heteroatoms. The highest BCUT2D eigenvalue weighted by atomic mass is 19.4. The maximum atomic E-state index is 12.0. The van der Waals surface area contributed by atoms with Crippen molar-refractivity contribution >= 4 is 5.97 Å². The van der Waals surface area contributed by atoms with Crippen LogP contribution in [0.15, 0.2) is 12.7 Å². The Labute approximate surface area is 79.2 Å². The average molecular weight is 212 g/mol. The normalized spacial score (nSPS) is 13.6. The van der Waals surface area contributed by atoms with Gasteiger partial charge in [0.25, 0.3) is 0 Å². The van der Waals surface area contributed by atoms with Gasteiger partial charge >= 0.3 is 12.1 Å². The molecule has 14 heavy (non-hydrogen) atoms. The number of carboxylic acids is 1. The summed E-state index contributed by atoms with van der Waals surface area (Å²) in [6.45, 7) is 2.53. The molecular weight excluding hydrogens is 201 g/mol. The SMILES string of the molecule is C=CCCOCC(C(=O)O)C(F)(F)F. The first-order chi connectivity index (χ1) is 6.39. The van der Waals surface area contributed by atoms with E-state index in [1.807, 2.05) is 0 Å². The van der Waals surface area contributed by atoms with Gasteiger partial charge in [-0.2, -0.15) is 13.2 Å². The van der Waals surface area contributed by atoms with Crippen molar-refractivity contribution in [3.63, 3.8) is 0 Å². The third-order valence-corrected chi connectivity index (χ3v) is 1.44. The molecule has 0 heterocycles. The molecule has 0 aromatic carbocycles. The number of halogens is 3. The zero-order valence-electron chi connectivity index (χ0n) is 7.38. The Kier molecular flexibility index (Phi) is 5.22. The topological polar surface area (TPSA) is 46.5 Å². The predicted molar refractivity (Wildman–Crippen MR) is 42.8 cm³/mol. The average Bonchev–Trinajstić information content (AvgIpc) is 2.01. The fourth-order valence-electron chi connectivity index (χ4n) is 0.674. The lowest BCUT2D eigenvalue weighted by molar-refractivity contribution is -0.202. The van der Waals surface area contributed by atoms with Gasteiger partial charge in [0, 0.05) is 0 Å². The minimum absolute atomic E-state index is 0.0450. The molecule has 0 spiro atoms. The molecule has 0 rings (SSSR count). The summed E-state index contributed by atoms with van der Waals surface area (Å²) in [6, 6.07) is 0. The molecule has 0 fully saturated rings. The fraction of sp³-hybridized carbons (Fsp3) is 0.625. The van der Waals surface area contributed by atoms with E-state index in [9.17, 15) is 18.0 Å². The molecule has 0 aliphatic carbocycles. The lowest BCUT2D eigenvalue weighted by Crippen LogP contribution is -2.34. The van der Waals surface area contributed by atoms with E-state index in [2.05, 4.69) is 11.3 Å². The van der Waals surface area contributed by atoms with Crippen molar-refractivity contribution in [2.24, 2.45) is 5.92 Å². The number of hydrogen-bond donors (Lipinski definition) is 1. The summed E-state index contributed by atoms with van der Waals surface area (Å²) >= 11 is 0. The summed E-state index contributed by atoms with van der Waals surface area (Å²) in [7, 11) is 0. The van der Waals surface area contributed by atoms with Crippen LogP contribution in [0.4, 0.5) is 13.2 Å². The molecule has 0 radical (unpaired) electrons. The lowest BCUT2D eigenvalue weighted by Gasteiger charge is -2.15. The zero-order chi connectivity index (χ0) is 11.2. The van der Waals surface area contributed by atoms with E-state index in [4.69, 9.17) is 5.11 Å². The van der Waals surface area contributed by atoms with E-state index in [-0.39, 0.29) is 6.61 Å². The van der Waals surface area contributed by atoms with E-state index in [1.54, 1.807) is 0 Å². The Morgan fingerprint density at radius 2 is 2.14 bits per heavy atom. The summed E-state index contributed by atoms with van der Waals surface area (Å²) in [5, 5.41) is 8.25. The standard InChI is InChI=1S/C8H11F3O3/c1-2-3-4-14-5-6(7(12)13)8(9,10)11/h2,6H,1,3-5H2,(H,12,13). The number of aliphatic carboxylic acids is 1. The summed E-state index contributed by atoms with van der Waals surface area (Å²) in [4.78, 5) is 10.2. The Bertz CT molecular complexity index is 200. The molecule has 0 bridgehead atoms. The van der Waals surface area contributed by atoms with Gasteiger partial charge in [-0.3, -0.25) is 4.79 Å². The molecule has 1 N–H and O–H groups in total. The third-order valence-electron chi connectivity index (χ3n) is 1.44. The first-order valence-corrected chi connectivity index (χ1v) is 3.87. The van der Waals surface area contributed by atoms with E-state index in [0.29, 0.717) is 6.42 Å². The number of carbonyl (C=O) groups is 1. The first-order valence-electron chi connectivity index (χ1n) is 3.87. The minimum atomic E-state index is -4.76. The van der Waals surface area contributed by atoms with Crippen molar-refractivity contribution < 1.29 is 27.8 Å². The van der Waals surface area contributed by atoms with Crippen LogP contribution in [-0.4, -0.2) is 30.5 Å². The Balaban J connectivity index is 3.99. The zero-order valence-corrected chi connectivity index (χ0v) is 7.38. The maximum Gasteiger partial charge on any atom is 0.404 e. The van der Waals surface area contributed by atoms with Crippen LogP contribution < -0.4 is 0 Å². The van der Waals surface area contributed by atoms with Gasteiger partial charge in [-0.25, -0.2) is 0 Å². The summed E-state index contributed by atoms with van der Waals surface area (Å²) in [5.41, 5.74) is 0. The van der Waals surface area contributed by atoms with Gasteiger partial charge in [-0.05, 0) is 6.42 Å². The molecule has 3 nitrogen and oxygen atoms in total. The van der Waals surface area contributed by atoms with Gasteiger partial charge in [0.05, 0.1) is 13.2 Å². The van der Waals surface area contributed by atoms with Crippen LogP contribution in [0.1, 0.15) is 6.42 Å². The van der Waals surface area contributed by atoms with Crippen molar-refractivity contribution in [1.82, 2.24) is 0 Å². The molecule has 0 aliphatic rings. The highest BCUT2D eigenvalue weighted by Gasteiger charge is 2.45. The van der Waals surface area contributed by atoms with Crippen LogP contribution in [0.25, 0.3) is 0 Å². The van der Waals surface area contributed by atoms with E-state index in [1.165, 1.54) is 6.08 Å². The number of rotatable bonds is 6. The smallest absolute Gasteiger partial charge is 0.404 e. The maximum absolute atomic E-state index is 12.0. The largest absolute Gasteiger partial charge is 0.481 e. The molecule has 0 saturated carbocycles. The van der Waals surface area contributed by atoms with Crippen LogP contribution >= 0.6 is 0 Å². The lowest BCUT2D eigenvalue weighted by atomic mass is 10.1. The highest BCUT2D eigenvalue weighted by Crippen LogP contribution is 2.26. The van der Waals surface area contributed by atoms with Gasteiger partial charge in [-0.15, -0.1) is 6.58 Å². The predicted octanol–water partition coefficient (Wildman–Crippen LogP) is 1.84. The van der Waals surface area contributed by atoms with Crippen LogP contribution in [-0.2, 0) is 9.53 Å². The summed E-state index contributed by atoms with van der Waals surface area (Å²) in [5.74, 6) is -4.37. The molecule has 0 amide bonds. The summed E-state index contributed by atoms with van der Waals surface area (Å²) < 4.78 is 40.5. The number of ether oxygens (including phenoxy) is 1. The molecule has 0 aliphatic heterocycles. The molecule has 0 aromatic heterocycles. The van der Waals surface area contributed by atoms with Crippen molar-refractivity contribution in [1.29, 1.82) is 0 Å².